The molecule has 28 heavy (non-hydrogen) atoms. The van der Waals surface area contributed by atoms with Crippen molar-refractivity contribution in [2.45, 2.75) is 6.92 Å². The first-order valence-corrected chi connectivity index (χ1v) is 9.12. The monoisotopic (exact) mass is 382 g/mol. The van der Waals surface area contributed by atoms with Gasteiger partial charge in [-0.05, 0) is 56.9 Å². The van der Waals surface area contributed by atoms with E-state index in [0.29, 0.717) is 30.2 Å². The van der Waals surface area contributed by atoms with E-state index >= 15 is 0 Å². The molecular formula is C22H26N2O4. The van der Waals surface area contributed by atoms with Crippen LogP contribution in [0.15, 0.2) is 54.6 Å². The normalized spacial score (nSPS) is 10.9. The van der Waals surface area contributed by atoms with Crippen LogP contribution in [0.3, 0.4) is 0 Å². The summed E-state index contributed by atoms with van der Waals surface area (Å²) in [5.41, 5.74) is 1.97. The van der Waals surface area contributed by atoms with Crippen LogP contribution < -0.4 is 10.1 Å². The van der Waals surface area contributed by atoms with Gasteiger partial charge in [0.25, 0.3) is 5.91 Å². The highest BCUT2D eigenvalue weighted by molar-refractivity contribution is 6.06. The maximum absolute atomic E-state index is 12.6. The van der Waals surface area contributed by atoms with E-state index in [-0.39, 0.29) is 11.9 Å². The van der Waals surface area contributed by atoms with Gasteiger partial charge in [-0.25, -0.2) is 4.79 Å². The van der Waals surface area contributed by atoms with Gasteiger partial charge in [-0.2, -0.15) is 0 Å². The summed E-state index contributed by atoms with van der Waals surface area (Å²) in [6.45, 7) is 3.36. The van der Waals surface area contributed by atoms with E-state index in [2.05, 4.69) is 5.32 Å². The fourth-order valence-electron chi connectivity index (χ4n) is 2.35. The number of ether oxygens (including phenoxy) is 2. The van der Waals surface area contributed by atoms with E-state index in [1.807, 2.05) is 37.2 Å². The lowest BCUT2D eigenvalue weighted by Gasteiger charge is -2.14. The zero-order valence-electron chi connectivity index (χ0n) is 16.5. The fourth-order valence-corrected chi connectivity index (χ4v) is 2.35. The van der Waals surface area contributed by atoms with E-state index in [1.165, 1.54) is 6.08 Å². The van der Waals surface area contributed by atoms with Crippen LogP contribution in [0.2, 0.25) is 0 Å². The summed E-state index contributed by atoms with van der Waals surface area (Å²) >= 11 is 0. The molecule has 0 heterocycles. The van der Waals surface area contributed by atoms with Crippen molar-refractivity contribution in [1.29, 1.82) is 0 Å². The maximum atomic E-state index is 12.6. The van der Waals surface area contributed by atoms with Gasteiger partial charge in [0, 0.05) is 18.3 Å². The minimum absolute atomic E-state index is 0.240. The van der Waals surface area contributed by atoms with Gasteiger partial charge in [-0.1, -0.05) is 24.3 Å². The number of hydrogen-bond donors (Lipinski definition) is 1. The Hall–Kier alpha value is -3.12. The molecule has 0 spiro atoms. The average molecular weight is 382 g/mol. The zero-order valence-corrected chi connectivity index (χ0v) is 16.5. The number of hydrogen-bond acceptors (Lipinski definition) is 5. The highest BCUT2D eigenvalue weighted by atomic mass is 16.5. The number of amides is 1. The third-order valence-electron chi connectivity index (χ3n) is 3.79. The fraction of sp³-hybridized carbons (Fsp3) is 0.273. The second kappa shape index (κ2) is 10.9. The minimum atomic E-state index is -0.384. The minimum Gasteiger partial charge on any atom is -0.491 e. The van der Waals surface area contributed by atoms with Crippen LogP contribution in [0.25, 0.3) is 6.08 Å². The number of esters is 1. The number of nitrogens with one attached hydrogen (secondary N) is 1. The average Bonchev–Trinajstić information content (AvgIpc) is 2.68. The molecule has 0 bridgehead atoms. The summed E-state index contributed by atoms with van der Waals surface area (Å²) in [7, 11) is 3.93. The second-order valence-electron chi connectivity index (χ2n) is 6.31. The number of para-hydroxylation sites is 1. The number of carbonyl (C=O) groups excluding carboxylic acids is 2. The van der Waals surface area contributed by atoms with Crippen molar-refractivity contribution in [3.05, 3.63) is 65.7 Å². The summed E-state index contributed by atoms with van der Waals surface area (Å²) in [5.74, 6) is -0.0724. The van der Waals surface area contributed by atoms with Crippen molar-refractivity contribution in [2.24, 2.45) is 0 Å². The van der Waals surface area contributed by atoms with Crippen LogP contribution in [-0.4, -0.2) is 50.6 Å². The predicted octanol–water partition coefficient (Wildman–Crippen LogP) is 3.46. The summed E-state index contributed by atoms with van der Waals surface area (Å²) < 4.78 is 10.6. The number of nitrogens with zero attached hydrogens (tertiary/aromatic N) is 1. The third-order valence-corrected chi connectivity index (χ3v) is 3.79. The molecule has 0 fully saturated rings. The van der Waals surface area contributed by atoms with Gasteiger partial charge in [0.2, 0.25) is 0 Å². The Balaban J connectivity index is 2.00. The molecule has 2 aromatic rings. The SMILES string of the molecule is CCOC(=O)/C=C/c1ccc(NC(=O)c2ccccc2OCCN(C)C)cc1. The number of rotatable bonds is 9. The van der Waals surface area contributed by atoms with Crippen molar-refractivity contribution in [3.8, 4) is 5.75 Å². The molecular weight excluding hydrogens is 356 g/mol. The number of benzene rings is 2. The zero-order chi connectivity index (χ0) is 20.4. The molecule has 0 aromatic heterocycles. The molecule has 0 aliphatic rings. The Bertz CT molecular complexity index is 814. The van der Waals surface area contributed by atoms with Gasteiger partial charge in [-0.3, -0.25) is 4.79 Å². The Morgan fingerprint density at radius 3 is 2.46 bits per heavy atom. The molecule has 0 saturated heterocycles. The Morgan fingerprint density at radius 1 is 1.07 bits per heavy atom. The molecule has 0 aliphatic carbocycles. The molecule has 0 atom stereocenters. The van der Waals surface area contributed by atoms with Gasteiger partial charge in [0.1, 0.15) is 12.4 Å². The van der Waals surface area contributed by atoms with E-state index in [4.69, 9.17) is 9.47 Å². The predicted molar refractivity (Wildman–Crippen MR) is 111 cm³/mol. The first-order chi connectivity index (χ1) is 13.5. The smallest absolute Gasteiger partial charge is 0.330 e. The van der Waals surface area contributed by atoms with Gasteiger partial charge >= 0.3 is 5.97 Å². The summed E-state index contributed by atoms with van der Waals surface area (Å²) in [6, 6.07) is 14.3. The maximum Gasteiger partial charge on any atom is 0.330 e. The van der Waals surface area contributed by atoms with Crippen LogP contribution in [0.4, 0.5) is 5.69 Å². The van der Waals surface area contributed by atoms with E-state index < -0.39 is 0 Å². The Morgan fingerprint density at radius 2 is 1.79 bits per heavy atom. The lowest BCUT2D eigenvalue weighted by Crippen LogP contribution is -2.20. The van der Waals surface area contributed by atoms with Crippen molar-refractivity contribution in [2.75, 3.05) is 39.2 Å². The van der Waals surface area contributed by atoms with E-state index in [9.17, 15) is 9.59 Å². The highest BCUT2D eigenvalue weighted by Gasteiger charge is 2.12. The van der Waals surface area contributed by atoms with E-state index in [1.54, 1.807) is 43.3 Å². The highest BCUT2D eigenvalue weighted by Crippen LogP contribution is 2.20. The van der Waals surface area contributed by atoms with Crippen LogP contribution in [0, 0.1) is 0 Å². The lowest BCUT2D eigenvalue weighted by molar-refractivity contribution is -0.137. The molecule has 0 radical (unpaired) electrons. The molecule has 0 unspecified atom stereocenters. The van der Waals surface area contributed by atoms with Crippen LogP contribution in [-0.2, 0) is 9.53 Å². The molecule has 6 heteroatoms. The number of likely N-dealkylation sites (N-methyl/N-ethyl adjacent to an activating group) is 1. The van der Waals surface area contributed by atoms with Crippen molar-refractivity contribution >= 4 is 23.6 Å². The van der Waals surface area contributed by atoms with Crippen molar-refractivity contribution in [3.63, 3.8) is 0 Å². The molecule has 0 aliphatic heterocycles. The molecule has 148 valence electrons. The summed E-state index contributed by atoms with van der Waals surface area (Å²) in [6.07, 6.45) is 3.04. The van der Waals surface area contributed by atoms with Gasteiger partial charge in [0.15, 0.2) is 0 Å². The quantitative estimate of drug-likeness (QED) is 0.531. The van der Waals surface area contributed by atoms with Gasteiger partial charge < -0.3 is 19.7 Å². The number of carbonyl (C=O) groups is 2. The topological polar surface area (TPSA) is 67.9 Å². The largest absolute Gasteiger partial charge is 0.491 e. The lowest BCUT2D eigenvalue weighted by atomic mass is 10.1. The number of anilines is 1. The molecule has 1 N–H and O–H groups in total. The molecule has 2 rings (SSSR count). The van der Waals surface area contributed by atoms with Gasteiger partial charge in [0.05, 0.1) is 12.2 Å². The molecule has 1 amide bonds. The first kappa shape index (κ1) is 21.2. The van der Waals surface area contributed by atoms with Crippen LogP contribution in [0.1, 0.15) is 22.8 Å². The Labute approximate surface area is 165 Å². The summed E-state index contributed by atoms with van der Waals surface area (Å²) in [5, 5.41) is 2.87. The molecule has 0 saturated carbocycles. The molecule has 6 nitrogen and oxygen atoms in total. The second-order valence-corrected chi connectivity index (χ2v) is 6.31. The first-order valence-electron chi connectivity index (χ1n) is 9.12. The van der Waals surface area contributed by atoms with Gasteiger partial charge in [-0.15, -0.1) is 0 Å². The van der Waals surface area contributed by atoms with Crippen LogP contribution >= 0.6 is 0 Å². The van der Waals surface area contributed by atoms with Crippen LogP contribution in [0.5, 0.6) is 5.75 Å². The van der Waals surface area contributed by atoms with Crippen molar-refractivity contribution in [1.82, 2.24) is 4.90 Å². The third kappa shape index (κ3) is 6.89. The molecule has 2 aromatic carbocycles. The van der Waals surface area contributed by atoms with Crippen molar-refractivity contribution < 1.29 is 19.1 Å². The standard InChI is InChI=1S/C22H26N2O4/c1-4-27-21(25)14-11-17-9-12-18(13-10-17)23-22(26)19-7-5-6-8-20(19)28-16-15-24(2)3/h5-14H,4,15-16H2,1-3H3,(H,23,26)/b14-11+. The van der Waals surface area contributed by atoms with E-state index in [0.717, 1.165) is 12.1 Å². The summed E-state index contributed by atoms with van der Waals surface area (Å²) in [4.78, 5) is 26.0. The Kier molecular flexibility index (Phi) is 8.24.